The van der Waals surface area contributed by atoms with E-state index in [1.807, 2.05) is 60.7 Å². The van der Waals surface area contributed by atoms with Gasteiger partial charge in [0, 0.05) is 11.4 Å². The van der Waals surface area contributed by atoms with Gasteiger partial charge in [0.25, 0.3) is 0 Å². The number of hydrogen-bond acceptors (Lipinski definition) is 6. The molecule has 126 valence electrons. The van der Waals surface area contributed by atoms with E-state index < -0.39 is 4.92 Å². The number of nitrogens with one attached hydrogen (secondary N) is 1. The van der Waals surface area contributed by atoms with E-state index >= 15 is 0 Å². The third kappa shape index (κ3) is 4.54. The van der Waals surface area contributed by atoms with Gasteiger partial charge < -0.3 is 5.32 Å². The zero-order chi connectivity index (χ0) is 17.5. The molecule has 6 nitrogen and oxygen atoms in total. The van der Waals surface area contributed by atoms with E-state index in [1.165, 1.54) is 18.1 Å². The lowest BCUT2D eigenvalue weighted by Gasteiger charge is -2.08. The fourth-order valence-electron chi connectivity index (χ4n) is 2.30. The SMILES string of the molecule is O=[N+]([O-])c1c(NCCc2ccccc2)ncnc1Sc1ccccc1. The van der Waals surface area contributed by atoms with Gasteiger partial charge in [-0.2, -0.15) is 0 Å². The Hall–Kier alpha value is -2.93. The summed E-state index contributed by atoms with van der Waals surface area (Å²) in [6, 6.07) is 19.4. The predicted molar refractivity (Wildman–Crippen MR) is 97.9 cm³/mol. The summed E-state index contributed by atoms with van der Waals surface area (Å²) in [6.07, 6.45) is 2.10. The molecule has 0 aliphatic heterocycles. The average Bonchev–Trinajstić information content (AvgIpc) is 2.63. The Balaban J connectivity index is 1.77. The van der Waals surface area contributed by atoms with Gasteiger partial charge in [0.2, 0.25) is 5.82 Å². The van der Waals surface area contributed by atoms with Gasteiger partial charge in [-0.25, -0.2) is 9.97 Å². The van der Waals surface area contributed by atoms with Crippen LogP contribution in [0.1, 0.15) is 5.56 Å². The molecule has 0 atom stereocenters. The Morgan fingerprint density at radius 1 is 1.00 bits per heavy atom. The maximum Gasteiger partial charge on any atom is 0.343 e. The van der Waals surface area contributed by atoms with Gasteiger partial charge in [0.1, 0.15) is 6.33 Å². The second kappa shape index (κ2) is 8.25. The van der Waals surface area contributed by atoms with Crippen molar-refractivity contribution >= 4 is 23.3 Å². The van der Waals surface area contributed by atoms with Crippen LogP contribution in [0.5, 0.6) is 0 Å². The highest BCUT2D eigenvalue weighted by molar-refractivity contribution is 7.99. The van der Waals surface area contributed by atoms with E-state index in [4.69, 9.17) is 0 Å². The highest BCUT2D eigenvalue weighted by atomic mass is 32.2. The molecule has 0 radical (unpaired) electrons. The van der Waals surface area contributed by atoms with Gasteiger partial charge in [-0.05, 0) is 24.1 Å². The third-order valence-electron chi connectivity index (χ3n) is 3.48. The minimum absolute atomic E-state index is 0.0931. The van der Waals surface area contributed by atoms with Gasteiger partial charge in [0.15, 0.2) is 5.03 Å². The Bertz CT molecular complexity index is 844. The molecule has 1 heterocycles. The molecule has 0 aliphatic carbocycles. The van der Waals surface area contributed by atoms with Crippen LogP contribution in [-0.2, 0) is 6.42 Å². The van der Waals surface area contributed by atoms with Crippen molar-refractivity contribution in [1.82, 2.24) is 9.97 Å². The molecule has 3 aromatic rings. The van der Waals surface area contributed by atoms with Gasteiger partial charge in [-0.15, -0.1) is 0 Å². The summed E-state index contributed by atoms with van der Waals surface area (Å²) in [4.78, 5) is 20.1. The van der Waals surface area contributed by atoms with E-state index in [-0.39, 0.29) is 11.5 Å². The summed E-state index contributed by atoms with van der Waals surface area (Å²) in [5.74, 6) is 0.245. The molecule has 25 heavy (non-hydrogen) atoms. The summed E-state index contributed by atoms with van der Waals surface area (Å²) in [7, 11) is 0. The lowest BCUT2D eigenvalue weighted by molar-refractivity contribution is -0.387. The number of hydrogen-bond donors (Lipinski definition) is 1. The first-order valence-corrected chi connectivity index (χ1v) is 8.56. The molecule has 0 aliphatic rings. The van der Waals surface area contributed by atoms with Crippen molar-refractivity contribution in [3.05, 3.63) is 82.7 Å². The van der Waals surface area contributed by atoms with Crippen LogP contribution in [0.25, 0.3) is 0 Å². The van der Waals surface area contributed by atoms with Gasteiger partial charge in [0.05, 0.1) is 4.92 Å². The lowest BCUT2D eigenvalue weighted by Crippen LogP contribution is -2.09. The van der Waals surface area contributed by atoms with E-state index in [0.717, 1.165) is 16.9 Å². The summed E-state index contributed by atoms with van der Waals surface area (Å²) in [6.45, 7) is 0.553. The summed E-state index contributed by atoms with van der Waals surface area (Å²) >= 11 is 1.25. The predicted octanol–water partition coefficient (Wildman–Crippen LogP) is 4.19. The first-order chi connectivity index (χ1) is 12.2. The van der Waals surface area contributed by atoms with Crippen LogP contribution in [0, 0.1) is 10.1 Å². The molecule has 1 N–H and O–H groups in total. The normalized spacial score (nSPS) is 10.4. The second-order valence-corrected chi connectivity index (χ2v) is 6.27. The van der Waals surface area contributed by atoms with Crippen molar-refractivity contribution in [2.45, 2.75) is 16.3 Å². The van der Waals surface area contributed by atoms with E-state index in [0.29, 0.717) is 11.6 Å². The fraction of sp³-hybridized carbons (Fsp3) is 0.111. The number of anilines is 1. The summed E-state index contributed by atoms with van der Waals surface area (Å²) in [5, 5.41) is 14.9. The Labute approximate surface area is 149 Å². The zero-order valence-corrected chi connectivity index (χ0v) is 14.1. The monoisotopic (exact) mass is 352 g/mol. The molecule has 0 saturated heterocycles. The number of rotatable bonds is 7. The molecule has 1 aromatic heterocycles. The third-order valence-corrected chi connectivity index (χ3v) is 4.48. The first kappa shape index (κ1) is 16.9. The molecule has 2 aromatic carbocycles. The number of nitrogens with zero attached hydrogens (tertiary/aromatic N) is 3. The van der Waals surface area contributed by atoms with Crippen molar-refractivity contribution < 1.29 is 4.92 Å². The highest BCUT2D eigenvalue weighted by Crippen LogP contribution is 2.36. The molecule has 0 unspecified atom stereocenters. The van der Waals surface area contributed by atoms with Crippen LogP contribution in [0.3, 0.4) is 0 Å². The first-order valence-electron chi connectivity index (χ1n) is 7.74. The second-order valence-electron chi connectivity index (χ2n) is 5.21. The van der Waals surface area contributed by atoms with Gasteiger partial charge in [-0.1, -0.05) is 60.3 Å². The molecule has 0 amide bonds. The maximum absolute atomic E-state index is 11.5. The van der Waals surface area contributed by atoms with Crippen molar-refractivity contribution in [2.75, 3.05) is 11.9 Å². The van der Waals surface area contributed by atoms with Crippen molar-refractivity contribution in [3.63, 3.8) is 0 Å². The molecular formula is C18H16N4O2S. The van der Waals surface area contributed by atoms with Crippen LogP contribution in [0.4, 0.5) is 11.5 Å². The molecule has 7 heteroatoms. The maximum atomic E-state index is 11.5. The van der Waals surface area contributed by atoms with Crippen molar-refractivity contribution in [3.8, 4) is 0 Å². The van der Waals surface area contributed by atoms with Crippen LogP contribution >= 0.6 is 11.8 Å². The van der Waals surface area contributed by atoms with E-state index in [2.05, 4.69) is 15.3 Å². The van der Waals surface area contributed by atoms with Crippen LogP contribution in [0.15, 0.2) is 76.9 Å². The van der Waals surface area contributed by atoms with Crippen LogP contribution in [-0.4, -0.2) is 21.4 Å². The van der Waals surface area contributed by atoms with Crippen molar-refractivity contribution in [2.24, 2.45) is 0 Å². The minimum Gasteiger partial charge on any atom is -0.364 e. The van der Waals surface area contributed by atoms with Crippen LogP contribution < -0.4 is 5.32 Å². The number of aromatic nitrogens is 2. The highest BCUT2D eigenvalue weighted by Gasteiger charge is 2.23. The molecule has 0 fully saturated rings. The Morgan fingerprint density at radius 2 is 1.68 bits per heavy atom. The van der Waals surface area contributed by atoms with E-state index in [1.54, 1.807) is 0 Å². The molecule has 3 rings (SSSR count). The minimum atomic E-state index is -0.434. The molecular weight excluding hydrogens is 336 g/mol. The number of nitro groups is 1. The molecule has 0 spiro atoms. The Kier molecular flexibility index (Phi) is 5.58. The smallest absolute Gasteiger partial charge is 0.343 e. The van der Waals surface area contributed by atoms with Gasteiger partial charge in [-0.3, -0.25) is 10.1 Å². The quantitative estimate of drug-likeness (QED) is 0.390. The fourth-order valence-corrected chi connectivity index (χ4v) is 3.19. The lowest BCUT2D eigenvalue weighted by atomic mass is 10.1. The Morgan fingerprint density at radius 3 is 2.36 bits per heavy atom. The summed E-state index contributed by atoms with van der Waals surface area (Å²) < 4.78 is 0. The standard InChI is InChI=1S/C18H16N4O2S/c23-22(24)16-17(19-12-11-14-7-3-1-4-8-14)20-13-21-18(16)25-15-9-5-2-6-10-15/h1-10,13H,11-12H2,(H,19,20,21). The largest absolute Gasteiger partial charge is 0.364 e. The topological polar surface area (TPSA) is 81.0 Å². The molecule has 0 bridgehead atoms. The molecule has 0 saturated carbocycles. The number of benzene rings is 2. The van der Waals surface area contributed by atoms with E-state index in [9.17, 15) is 10.1 Å². The summed E-state index contributed by atoms with van der Waals surface area (Å²) in [5.41, 5.74) is 1.06. The average molecular weight is 352 g/mol. The van der Waals surface area contributed by atoms with Gasteiger partial charge >= 0.3 is 5.69 Å². The van der Waals surface area contributed by atoms with Crippen molar-refractivity contribution in [1.29, 1.82) is 0 Å². The van der Waals surface area contributed by atoms with Crippen LogP contribution in [0.2, 0.25) is 0 Å². The zero-order valence-electron chi connectivity index (χ0n) is 13.3.